The van der Waals surface area contributed by atoms with Crippen LogP contribution < -0.4 is 10.3 Å². The van der Waals surface area contributed by atoms with E-state index in [1.165, 1.54) is 0 Å². The molecule has 2 heterocycles. The number of aromatic nitrogens is 2. The quantitative estimate of drug-likeness (QED) is 0.260. The van der Waals surface area contributed by atoms with Crippen molar-refractivity contribution in [1.82, 2.24) is 15.0 Å². The van der Waals surface area contributed by atoms with Crippen molar-refractivity contribution in [2.24, 2.45) is 5.10 Å². The molecule has 7 heteroatoms. The molecule has 0 atom stereocenters. The summed E-state index contributed by atoms with van der Waals surface area (Å²) < 4.78 is 1.92. The molecule has 180 valence electrons. The van der Waals surface area contributed by atoms with Crippen LogP contribution in [0.15, 0.2) is 109 Å². The highest BCUT2D eigenvalue weighted by atomic mass is 16.2. The van der Waals surface area contributed by atoms with E-state index in [1.807, 2.05) is 90.5 Å². The first kappa shape index (κ1) is 22.4. The van der Waals surface area contributed by atoms with E-state index in [2.05, 4.69) is 15.5 Å². The first-order valence-corrected chi connectivity index (χ1v) is 11.9. The van der Waals surface area contributed by atoms with E-state index in [0.717, 1.165) is 38.8 Å². The number of hydrogen-bond donors (Lipinski definition) is 1. The molecule has 0 saturated heterocycles. The Kier molecular flexibility index (Phi) is 5.58. The highest BCUT2D eigenvalue weighted by molar-refractivity contribution is 6.24. The molecule has 0 bridgehead atoms. The summed E-state index contributed by atoms with van der Waals surface area (Å²) in [7, 11) is 0. The Morgan fingerprint density at radius 2 is 1.65 bits per heavy atom. The number of rotatable bonds is 6. The Labute approximate surface area is 213 Å². The molecule has 4 aromatic carbocycles. The molecule has 0 aliphatic carbocycles. The van der Waals surface area contributed by atoms with Crippen molar-refractivity contribution < 1.29 is 9.59 Å². The van der Waals surface area contributed by atoms with Gasteiger partial charge in [-0.1, -0.05) is 48.5 Å². The lowest BCUT2D eigenvalue weighted by Gasteiger charge is -2.18. The molecule has 37 heavy (non-hydrogen) atoms. The molecule has 1 aliphatic heterocycles. The maximum Gasteiger partial charge on any atom is 0.271 e. The number of hydrogen-bond acceptors (Lipinski definition) is 4. The summed E-state index contributed by atoms with van der Waals surface area (Å²) in [6.07, 6.45) is 5.35. The van der Waals surface area contributed by atoms with Gasteiger partial charge in [0, 0.05) is 34.6 Å². The highest BCUT2D eigenvalue weighted by Gasteiger charge is 2.29. The zero-order valence-electron chi connectivity index (χ0n) is 20.1. The maximum atomic E-state index is 13.0. The summed E-state index contributed by atoms with van der Waals surface area (Å²) in [4.78, 5) is 31.6. The van der Waals surface area contributed by atoms with Gasteiger partial charge in [0.05, 0.1) is 24.3 Å². The van der Waals surface area contributed by atoms with Crippen LogP contribution in [0.4, 0.5) is 5.69 Å². The summed E-state index contributed by atoms with van der Waals surface area (Å²) in [6, 6.07) is 26.9. The number of carbonyl (C=O) groups is 2. The number of nitrogens with zero attached hydrogens (tertiary/aromatic N) is 4. The number of imidazole rings is 1. The van der Waals surface area contributed by atoms with Crippen LogP contribution >= 0.6 is 0 Å². The average Bonchev–Trinajstić information content (AvgIpc) is 3.57. The first-order valence-electron chi connectivity index (χ1n) is 11.9. The third-order valence-corrected chi connectivity index (χ3v) is 6.62. The SMILES string of the molecule is CC(=NNC(=O)c1ccc(CN2C(=O)c3cccc4cccc2c34)cc1)c1ccc(-n2ccnc2)cc1. The minimum atomic E-state index is -0.296. The Balaban J connectivity index is 1.12. The van der Waals surface area contributed by atoms with E-state index in [0.29, 0.717) is 17.8 Å². The number of amides is 2. The molecule has 0 saturated carbocycles. The predicted molar refractivity (Wildman–Crippen MR) is 144 cm³/mol. The van der Waals surface area contributed by atoms with Crippen molar-refractivity contribution in [2.75, 3.05) is 4.90 Å². The van der Waals surface area contributed by atoms with Crippen LogP contribution in [0.1, 0.15) is 38.8 Å². The molecule has 1 N–H and O–H groups in total. The minimum Gasteiger partial charge on any atom is -0.306 e. The van der Waals surface area contributed by atoms with Crippen LogP contribution in [0.25, 0.3) is 16.5 Å². The van der Waals surface area contributed by atoms with Gasteiger partial charge in [0.1, 0.15) is 0 Å². The second-order valence-corrected chi connectivity index (χ2v) is 8.92. The first-order chi connectivity index (χ1) is 18.1. The lowest BCUT2D eigenvalue weighted by molar-refractivity contribution is 0.0953. The largest absolute Gasteiger partial charge is 0.306 e. The van der Waals surface area contributed by atoms with Crippen LogP contribution in [0, 0.1) is 0 Å². The van der Waals surface area contributed by atoms with Crippen molar-refractivity contribution >= 4 is 34.0 Å². The van der Waals surface area contributed by atoms with Crippen molar-refractivity contribution in [1.29, 1.82) is 0 Å². The fraction of sp³-hybridized carbons (Fsp3) is 0.0667. The molecular formula is C30H23N5O2. The third-order valence-electron chi connectivity index (χ3n) is 6.62. The number of benzene rings is 4. The van der Waals surface area contributed by atoms with Gasteiger partial charge in [-0.2, -0.15) is 5.10 Å². The minimum absolute atomic E-state index is 0.00325. The van der Waals surface area contributed by atoms with Crippen LogP contribution in [-0.2, 0) is 6.54 Å². The zero-order valence-corrected chi connectivity index (χ0v) is 20.1. The molecule has 7 nitrogen and oxygen atoms in total. The smallest absolute Gasteiger partial charge is 0.271 e. The van der Waals surface area contributed by atoms with Crippen molar-refractivity contribution in [3.63, 3.8) is 0 Å². The third kappa shape index (κ3) is 4.16. The molecule has 1 aliphatic rings. The molecule has 2 amide bonds. The Morgan fingerprint density at radius 1 is 0.919 bits per heavy atom. The maximum absolute atomic E-state index is 13.0. The normalized spacial score (nSPS) is 12.8. The zero-order chi connectivity index (χ0) is 25.4. The molecule has 0 radical (unpaired) electrons. The van der Waals surface area contributed by atoms with Gasteiger partial charge in [0.2, 0.25) is 0 Å². The second kappa shape index (κ2) is 9.20. The lowest BCUT2D eigenvalue weighted by atomic mass is 10.1. The lowest BCUT2D eigenvalue weighted by Crippen LogP contribution is -2.26. The van der Waals surface area contributed by atoms with Gasteiger partial charge in [0.25, 0.3) is 11.8 Å². The highest BCUT2D eigenvalue weighted by Crippen LogP contribution is 2.37. The Hall–Kier alpha value is -5.04. The fourth-order valence-corrected chi connectivity index (χ4v) is 4.63. The molecule has 0 unspecified atom stereocenters. The van der Waals surface area contributed by atoms with Gasteiger partial charge < -0.3 is 9.47 Å². The standard InChI is InChI=1S/C30H23N5O2/c1-20(22-12-14-25(15-13-22)34-17-16-31-19-34)32-33-29(36)24-10-8-21(9-11-24)18-35-27-7-3-5-23-4-2-6-26(28(23)27)30(35)37/h2-17,19H,18H2,1H3,(H,33,36). The molecule has 6 rings (SSSR count). The van der Waals surface area contributed by atoms with Crippen molar-refractivity contribution in [3.05, 3.63) is 126 Å². The van der Waals surface area contributed by atoms with E-state index in [4.69, 9.17) is 0 Å². The summed E-state index contributed by atoms with van der Waals surface area (Å²) in [6.45, 7) is 2.28. The Bertz CT molecular complexity index is 1650. The summed E-state index contributed by atoms with van der Waals surface area (Å²) >= 11 is 0. The van der Waals surface area contributed by atoms with E-state index in [-0.39, 0.29) is 11.8 Å². The van der Waals surface area contributed by atoms with Crippen LogP contribution in [0.3, 0.4) is 0 Å². The second-order valence-electron chi connectivity index (χ2n) is 8.92. The molecular weight excluding hydrogens is 462 g/mol. The summed E-state index contributed by atoms with van der Waals surface area (Å²) in [5, 5.41) is 6.32. The monoisotopic (exact) mass is 485 g/mol. The number of anilines is 1. The van der Waals surface area contributed by atoms with Crippen LogP contribution in [0.2, 0.25) is 0 Å². The molecule has 1 aromatic heterocycles. The molecule has 0 spiro atoms. The van der Waals surface area contributed by atoms with Crippen LogP contribution in [0.5, 0.6) is 0 Å². The van der Waals surface area contributed by atoms with Crippen molar-refractivity contribution in [2.45, 2.75) is 13.5 Å². The van der Waals surface area contributed by atoms with E-state index < -0.39 is 0 Å². The number of hydrazone groups is 1. The van der Waals surface area contributed by atoms with Gasteiger partial charge in [-0.3, -0.25) is 9.59 Å². The van der Waals surface area contributed by atoms with Crippen molar-refractivity contribution in [3.8, 4) is 5.69 Å². The Morgan fingerprint density at radius 3 is 2.38 bits per heavy atom. The molecule has 0 fully saturated rings. The number of carbonyl (C=O) groups excluding carboxylic acids is 2. The van der Waals surface area contributed by atoms with Gasteiger partial charge in [-0.15, -0.1) is 0 Å². The summed E-state index contributed by atoms with van der Waals surface area (Å²) in [5.41, 5.74) is 8.32. The fourth-order valence-electron chi connectivity index (χ4n) is 4.63. The van der Waals surface area contributed by atoms with E-state index >= 15 is 0 Å². The average molecular weight is 486 g/mol. The predicted octanol–water partition coefficient (Wildman–Crippen LogP) is 5.34. The van der Waals surface area contributed by atoms with Gasteiger partial charge in [-0.05, 0) is 59.8 Å². The summed E-state index contributed by atoms with van der Waals surface area (Å²) in [5.74, 6) is -0.299. The van der Waals surface area contributed by atoms with E-state index in [1.54, 1.807) is 29.6 Å². The van der Waals surface area contributed by atoms with E-state index in [9.17, 15) is 9.59 Å². The number of nitrogens with one attached hydrogen (secondary N) is 1. The molecule has 5 aromatic rings. The van der Waals surface area contributed by atoms with Gasteiger partial charge in [0.15, 0.2) is 0 Å². The topological polar surface area (TPSA) is 79.6 Å². The van der Waals surface area contributed by atoms with Gasteiger partial charge in [-0.25, -0.2) is 10.4 Å². The van der Waals surface area contributed by atoms with Gasteiger partial charge >= 0.3 is 0 Å². The van der Waals surface area contributed by atoms with Crippen LogP contribution in [-0.4, -0.2) is 27.1 Å².